The lowest BCUT2D eigenvalue weighted by Crippen LogP contribution is -2.32. The molecule has 4 nitrogen and oxygen atoms in total. The molecule has 0 aliphatic carbocycles. The maximum atomic E-state index is 11.8. The van der Waals surface area contributed by atoms with Crippen molar-refractivity contribution in [1.29, 1.82) is 0 Å². The smallest absolute Gasteiger partial charge is 0.256 e. The van der Waals surface area contributed by atoms with E-state index >= 15 is 0 Å². The molecule has 0 saturated carbocycles. The number of rotatable bonds is 8. The van der Waals surface area contributed by atoms with Crippen molar-refractivity contribution in [2.24, 2.45) is 0 Å². The molecule has 4 heteroatoms. The predicted molar refractivity (Wildman–Crippen MR) is 73.4 cm³/mol. The molecule has 1 heterocycles. The summed E-state index contributed by atoms with van der Waals surface area (Å²) in [5.41, 5.74) is 1.11. The van der Waals surface area contributed by atoms with Gasteiger partial charge in [-0.05, 0) is 32.8 Å². The zero-order valence-electron chi connectivity index (χ0n) is 11.7. The van der Waals surface area contributed by atoms with Gasteiger partial charge in [-0.2, -0.15) is 0 Å². The zero-order valence-corrected chi connectivity index (χ0v) is 11.7. The van der Waals surface area contributed by atoms with Gasteiger partial charge in [0.1, 0.15) is 0 Å². The molecule has 0 radical (unpaired) electrons. The van der Waals surface area contributed by atoms with Crippen molar-refractivity contribution in [2.75, 3.05) is 6.54 Å². The number of unbranched alkanes of at least 4 members (excludes halogenated alkanes) is 3. The molecule has 0 atom stereocenters. The summed E-state index contributed by atoms with van der Waals surface area (Å²) in [5, 5.41) is 0. The standard InChI is InChI=1S/C15H21NO3/c1-4-13(17)9-7-5-6-8-10-16-14(18)11(2)12(3)15(16)19/h4H,1,5-10H2,2-3H3. The molecule has 104 valence electrons. The summed E-state index contributed by atoms with van der Waals surface area (Å²) in [7, 11) is 0. The highest BCUT2D eigenvalue weighted by Crippen LogP contribution is 2.20. The van der Waals surface area contributed by atoms with Crippen LogP contribution in [0.25, 0.3) is 0 Å². The average molecular weight is 263 g/mol. The summed E-state index contributed by atoms with van der Waals surface area (Å²) >= 11 is 0. The van der Waals surface area contributed by atoms with E-state index in [1.807, 2.05) is 0 Å². The van der Waals surface area contributed by atoms with Gasteiger partial charge in [0.15, 0.2) is 5.78 Å². The summed E-state index contributed by atoms with van der Waals surface area (Å²) in [5.74, 6) is -0.256. The van der Waals surface area contributed by atoms with Gasteiger partial charge in [-0.25, -0.2) is 0 Å². The third-order valence-corrected chi connectivity index (χ3v) is 3.48. The number of carbonyl (C=O) groups excluding carboxylic acids is 3. The maximum absolute atomic E-state index is 11.8. The fraction of sp³-hybridized carbons (Fsp3) is 0.533. The lowest BCUT2D eigenvalue weighted by Gasteiger charge is -2.14. The number of ketones is 1. The van der Waals surface area contributed by atoms with Crippen LogP contribution in [0, 0.1) is 0 Å². The van der Waals surface area contributed by atoms with E-state index < -0.39 is 0 Å². The van der Waals surface area contributed by atoms with Crippen LogP contribution < -0.4 is 0 Å². The third kappa shape index (κ3) is 3.88. The van der Waals surface area contributed by atoms with E-state index in [9.17, 15) is 14.4 Å². The Hall–Kier alpha value is -1.71. The summed E-state index contributed by atoms with van der Waals surface area (Å²) < 4.78 is 0. The molecular weight excluding hydrogens is 242 g/mol. The third-order valence-electron chi connectivity index (χ3n) is 3.48. The second kappa shape index (κ2) is 7.02. The first-order valence-corrected chi connectivity index (χ1v) is 6.68. The highest BCUT2D eigenvalue weighted by molar-refractivity contribution is 6.18. The highest BCUT2D eigenvalue weighted by Gasteiger charge is 2.32. The first kappa shape index (κ1) is 15.3. The minimum absolute atomic E-state index is 0.0698. The van der Waals surface area contributed by atoms with Gasteiger partial charge < -0.3 is 0 Å². The van der Waals surface area contributed by atoms with Crippen molar-refractivity contribution in [3.8, 4) is 0 Å². The van der Waals surface area contributed by atoms with E-state index in [0.29, 0.717) is 24.1 Å². The summed E-state index contributed by atoms with van der Waals surface area (Å²) in [6.07, 6.45) is 5.35. The average Bonchev–Trinajstić information content (AvgIpc) is 2.59. The maximum Gasteiger partial charge on any atom is 0.256 e. The SMILES string of the molecule is C=CC(=O)CCCCCCN1C(=O)C(C)=C(C)C1=O. The second-order valence-electron chi connectivity index (χ2n) is 4.85. The fourth-order valence-electron chi connectivity index (χ4n) is 2.05. The lowest BCUT2D eigenvalue weighted by atomic mass is 10.1. The molecule has 19 heavy (non-hydrogen) atoms. The zero-order chi connectivity index (χ0) is 14.4. The van der Waals surface area contributed by atoms with Crippen LogP contribution in [0.3, 0.4) is 0 Å². The molecular formula is C15H21NO3. The molecule has 0 aromatic heterocycles. The number of amides is 2. The van der Waals surface area contributed by atoms with Crippen LogP contribution in [0.2, 0.25) is 0 Å². The molecule has 0 fully saturated rings. The van der Waals surface area contributed by atoms with Crippen LogP contribution in [-0.4, -0.2) is 29.0 Å². The van der Waals surface area contributed by atoms with E-state index in [1.165, 1.54) is 11.0 Å². The van der Waals surface area contributed by atoms with Gasteiger partial charge >= 0.3 is 0 Å². The summed E-state index contributed by atoms with van der Waals surface area (Å²) in [4.78, 5) is 35.8. The largest absolute Gasteiger partial charge is 0.295 e. The van der Waals surface area contributed by atoms with Gasteiger partial charge in [-0.3, -0.25) is 19.3 Å². The Morgan fingerprint density at radius 3 is 2.11 bits per heavy atom. The molecule has 1 aliphatic heterocycles. The number of nitrogens with zero attached hydrogens (tertiary/aromatic N) is 1. The van der Waals surface area contributed by atoms with Crippen molar-refractivity contribution in [3.05, 3.63) is 23.8 Å². The minimum Gasteiger partial charge on any atom is -0.295 e. The Bertz CT molecular complexity index is 411. The molecule has 2 amide bonds. The molecule has 0 bridgehead atoms. The summed E-state index contributed by atoms with van der Waals surface area (Å²) in [6.45, 7) is 7.28. The number of hydrogen-bond acceptors (Lipinski definition) is 3. The molecule has 0 spiro atoms. The topological polar surface area (TPSA) is 54.5 Å². The van der Waals surface area contributed by atoms with Crippen molar-refractivity contribution in [3.63, 3.8) is 0 Å². The summed E-state index contributed by atoms with van der Waals surface area (Å²) in [6, 6.07) is 0. The number of imide groups is 1. The van der Waals surface area contributed by atoms with Crippen LogP contribution in [0.15, 0.2) is 23.8 Å². The molecule has 0 N–H and O–H groups in total. The first-order chi connectivity index (χ1) is 8.99. The van der Waals surface area contributed by atoms with Crippen LogP contribution >= 0.6 is 0 Å². The van der Waals surface area contributed by atoms with Gasteiger partial charge in [0.05, 0.1) is 0 Å². The number of allylic oxidation sites excluding steroid dienone is 1. The number of hydrogen-bond donors (Lipinski definition) is 0. The number of carbonyl (C=O) groups is 3. The molecule has 1 aliphatic rings. The van der Waals surface area contributed by atoms with Gasteiger partial charge in [0.2, 0.25) is 0 Å². The van der Waals surface area contributed by atoms with Gasteiger partial charge in [-0.15, -0.1) is 0 Å². The van der Waals surface area contributed by atoms with Gasteiger partial charge in [0.25, 0.3) is 11.8 Å². The minimum atomic E-state index is -0.163. The van der Waals surface area contributed by atoms with Gasteiger partial charge in [0, 0.05) is 24.1 Å². The van der Waals surface area contributed by atoms with Crippen LogP contribution in [0.1, 0.15) is 46.0 Å². The van der Waals surface area contributed by atoms with E-state index in [4.69, 9.17) is 0 Å². The molecule has 0 aromatic carbocycles. The van der Waals surface area contributed by atoms with E-state index in [0.717, 1.165) is 25.7 Å². The van der Waals surface area contributed by atoms with E-state index in [1.54, 1.807) is 13.8 Å². The second-order valence-corrected chi connectivity index (χ2v) is 4.85. The van der Waals surface area contributed by atoms with Gasteiger partial charge in [-0.1, -0.05) is 19.4 Å². The fourth-order valence-corrected chi connectivity index (χ4v) is 2.05. The molecule has 0 saturated heterocycles. The van der Waals surface area contributed by atoms with Crippen molar-refractivity contribution in [2.45, 2.75) is 46.0 Å². The lowest BCUT2D eigenvalue weighted by molar-refractivity contribution is -0.137. The Kier molecular flexibility index (Phi) is 5.67. The monoisotopic (exact) mass is 263 g/mol. The normalized spacial score (nSPS) is 15.4. The van der Waals surface area contributed by atoms with Crippen molar-refractivity contribution in [1.82, 2.24) is 4.90 Å². The Morgan fingerprint density at radius 2 is 1.58 bits per heavy atom. The highest BCUT2D eigenvalue weighted by atomic mass is 16.2. The molecule has 1 rings (SSSR count). The molecule has 0 unspecified atom stereocenters. The predicted octanol–water partition coefficient (Wildman–Crippen LogP) is 2.40. The Labute approximate surface area is 114 Å². The first-order valence-electron chi connectivity index (χ1n) is 6.68. The van der Waals surface area contributed by atoms with Crippen LogP contribution in [-0.2, 0) is 14.4 Å². The van der Waals surface area contributed by atoms with Crippen LogP contribution in [0.4, 0.5) is 0 Å². The van der Waals surface area contributed by atoms with E-state index in [2.05, 4.69) is 6.58 Å². The molecule has 0 aromatic rings. The van der Waals surface area contributed by atoms with Crippen LogP contribution in [0.5, 0.6) is 0 Å². The van der Waals surface area contributed by atoms with Crippen molar-refractivity contribution < 1.29 is 14.4 Å². The Balaban J connectivity index is 2.21. The Morgan fingerprint density at radius 1 is 1.05 bits per heavy atom. The quantitative estimate of drug-likeness (QED) is 0.384. The van der Waals surface area contributed by atoms with Crippen molar-refractivity contribution >= 4 is 17.6 Å². The van der Waals surface area contributed by atoms with E-state index in [-0.39, 0.29) is 17.6 Å².